The highest BCUT2D eigenvalue weighted by Gasteiger charge is 2.44. The number of aromatic nitrogens is 2. The molecule has 208 valence electrons. The number of carboxylic acids is 1. The van der Waals surface area contributed by atoms with Crippen LogP contribution in [0.4, 0.5) is 0 Å². The summed E-state index contributed by atoms with van der Waals surface area (Å²) in [5, 5.41) is 21.4. The fourth-order valence-corrected chi connectivity index (χ4v) is 7.55. The lowest BCUT2D eigenvalue weighted by Crippen LogP contribution is -2.18. The Morgan fingerprint density at radius 2 is 1.90 bits per heavy atom. The first-order valence-corrected chi connectivity index (χ1v) is 15.6. The minimum absolute atomic E-state index is 0.0728. The third kappa shape index (κ3) is 7.19. The van der Waals surface area contributed by atoms with Crippen LogP contribution in [0.25, 0.3) is 22.5 Å². The zero-order valence-corrected chi connectivity index (χ0v) is 24.9. The quantitative estimate of drug-likeness (QED) is 0.179. The molecule has 1 fully saturated rings. The third-order valence-electron chi connectivity index (χ3n) is 7.54. The second-order valence-corrected chi connectivity index (χ2v) is 13.8. The molecule has 2 aromatic carbocycles. The number of rotatable bonds is 12. The number of benzene rings is 2. The molecular weight excluding hydrogens is 537 g/mol. The Labute approximate surface area is 244 Å². The summed E-state index contributed by atoms with van der Waals surface area (Å²) in [6, 6.07) is 20.8. The van der Waals surface area contributed by atoms with Crippen molar-refractivity contribution in [3.63, 3.8) is 0 Å². The van der Waals surface area contributed by atoms with Crippen molar-refractivity contribution in [1.82, 2.24) is 9.97 Å². The molecule has 0 radical (unpaired) electrons. The van der Waals surface area contributed by atoms with Gasteiger partial charge in [-0.1, -0.05) is 65.9 Å². The van der Waals surface area contributed by atoms with Crippen molar-refractivity contribution in [3.8, 4) is 0 Å². The van der Waals surface area contributed by atoms with Crippen LogP contribution in [0.15, 0.2) is 60.7 Å². The Balaban J connectivity index is 1.37. The molecule has 0 amide bonds. The van der Waals surface area contributed by atoms with Gasteiger partial charge in [0.15, 0.2) is 0 Å². The number of nitrogens with zero attached hydrogens (tertiary/aromatic N) is 2. The predicted octanol–water partition coefficient (Wildman–Crippen LogP) is 8.06. The molecular formula is C33H36N2O3S2. The maximum Gasteiger partial charge on any atom is 0.303 e. The van der Waals surface area contributed by atoms with Crippen LogP contribution >= 0.6 is 23.1 Å². The first-order chi connectivity index (χ1) is 19.1. The number of aliphatic hydroxyl groups is 1. The van der Waals surface area contributed by atoms with Crippen molar-refractivity contribution < 1.29 is 15.0 Å². The monoisotopic (exact) mass is 572 g/mol. The maximum absolute atomic E-state index is 11.5. The normalized spacial score (nSPS) is 15.5. The molecule has 2 N–H and O–H groups in total. The number of hydrogen-bond donors (Lipinski definition) is 2. The number of aliphatic carboxylic acids is 1. The fraction of sp³-hybridized carbons (Fsp3) is 0.364. The van der Waals surface area contributed by atoms with Crippen LogP contribution in [0.1, 0.15) is 77.7 Å². The fourth-order valence-electron chi connectivity index (χ4n) is 5.19. The lowest BCUT2D eigenvalue weighted by atomic mass is 9.90. The van der Waals surface area contributed by atoms with Crippen LogP contribution < -0.4 is 0 Å². The van der Waals surface area contributed by atoms with Gasteiger partial charge in [0.25, 0.3) is 0 Å². The second kappa shape index (κ2) is 11.9. The van der Waals surface area contributed by atoms with Gasteiger partial charge in [-0.2, -0.15) is 11.8 Å². The summed E-state index contributed by atoms with van der Waals surface area (Å²) in [5.41, 5.74) is 5.32. The number of pyridine rings is 1. The largest absolute Gasteiger partial charge is 0.481 e. The Hall–Kier alpha value is -3.00. The number of hydrogen-bond acceptors (Lipinski definition) is 6. The van der Waals surface area contributed by atoms with Crippen LogP contribution in [0, 0.1) is 12.3 Å². The lowest BCUT2D eigenvalue weighted by Gasteiger charge is -2.24. The molecule has 1 saturated carbocycles. The molecule has 7 heteroatoms. The van der Waals surface area contributed by atoms with E-state index < -0.39 is 11.6 Å². The van der Waals surface area contributed by atoms with Gasteiger partial charge in [0, 0.05) is 11.0 Å². The average molecular weight is 573 g/mol. The third-order valence-corrected chi connectivity index (χ3v) is 10.1. The Morgan fingerprint density at radius 3 is 2.65 bits per heavy atom. The SMILES string of the molecule is Cc1nc2ccc(C=Cc3cccc([C@@H](CCc4ccccc4C(C)(C)O)SCC4(CC(=O)O)CC4)c3)nc2s1. The number of thioether (sulfide) groups is 1. The Kier molecular flexibility index (Phi) is 8.45. The van der Waals surface area contributed by atoms with Gasteiger partial charge >= 0.3 is 5.97 Å². The summed E-state index contributed by atoms with van der Waals surface area (Å²) >= 11 is 3.48. The number of carbonyl (C=O) groups is 1. The van der Waals surface area contributed by atoms with E-state index in [1.807, 2.05) is 68.9 Å². The molecule has 5 rings (SSSR count). The highest BCUT2D eigenvalue weighted by Crippen LogP contribution is 2.53. The lowest BCUT2D eigenvalue weighted by molar-refractivity contribution is -0.138. The highest BCUT2D eigenvalue weighted by molar-refractivity contribution is 7.99. The average Bonchev–Trinajstić information content (AvgIpc) is 3.56. The number of aryl methyl sites for hydroxylation is 2. The molecule has 1 aliphatic carbocycles. The van der Waals surface area contributed by atoms with E-state index in [9.17, 15) is 15.0 Å². The second-order valence-electron chi connectivity index (χ2n) is 11.4. The summed E-state index contributed by atoms with van der Waals surface area (Å²) < 4.78 is 0. The van der Waals surface area contributed by atoms with Crippen molar-refractivity contribution >= 4 is 51.6 Å². The molecule has 4 aromatic rings. The molecule has 0 aliphatic heterocycles. The topological polar surface area (TPSA) is 83.3 Å². The minimum atomic E-state index is -0.904. The van der Waals surface area contributed by atoms with Crippen LogP contribution in [0.5, 0.6) is 0 Å². The van der Waals surface area contributed by atoms with Crippen molar-refractivity contribution in [2.75, 3.05) is 5.75 Å². The van der Waals surface area contributed by atoms with Gasteiger partial charge < -0.3 is 10.2 Å². The molecule has 0 bridgehead atoms. The van der Waals surface area contributed by atoms with Gasteiger partial charge in [-0.15, -0.1) is 0 Å². The van der Waals surface area contributed by atoms with Crippen LogP contribution in [-0.4, -0.2) is 31.9 Å². The molecule has 2 heterocycles. The Morgan fingerprint density at radius 1 is 1.10 bits per heavy atom. The summed E-state index contributed by atoms with van der Waals surface area (Å²) in [7, 11) is 0. The van der Waals surface area contributed by atoms with Gasteiger partial charge in [-0.05, 0) is 92.3 Å². The van der Waals surface area contributed by atoms with Gasteiger partial charge in [-0.3, -0.25) is 4.79 Å². The molecule has 0 spiro atoms. The van der Waals surface area contributed by atoms with Gasteiger partial charge in [-0.25, -0.2) is 9.97 Å². The molecule has 1 aliphatic rings. The van der Waals surface area contributed by atoms with Crippen molar-refractivity contribution in [2.45, 2.75) is 63.7 Å². The van der Waals surface area contributed by atoms with Crippen LogP contribution in [-0.2, 0) is 16.8 Å². The predicted molar refractivity (Wildman–Crippen MR) is 167 cm³/mol. The summed E-state index contributed by atoms with van der Waals surface area (Å²) in [6.45, 7) is 5.66. The smallest absolute Gasteiger partial charge is 0.303 e. The van der Waals surface area contributed by atoms with E-state index in [4.69, 9.17) is 4.98 Å². The van der Waals surface area contributed by atoms with Crippen molar-refractivity contribution in [1.29, 1.82) is 0 Å². The van der Waals surface area contributed by atoms with Crippen LogP contribution in [0.2, 0.25) is 0 Å². The molecule has 0 saturated heterocycles. The highest BCUT2D eigenvalue weighted by atomic mass is 32.2. The summed E-state index contributed by atoms with van der Waals surface area (Å²) in [5.74, 6) is 0.135. The number of thiazole rings is 1. The van der Waals surface area contributed by atoms with Gasteiger partial charge in [0.1, 0.15) is 10.3 Å². The van der Waals surface area contributed by atoms with E-state index in [1.165, 1.54) is 5.56 Å². The van der Waals surface area contributed by atoms with Crippen molar-refractivity contribution in [2.24, 2.45) is 5.41 Å². The molecule has 5 nitrogen and oxygen atoms in total. The molecule has 0 unspecified atom stereocenters. The molecule has 1 atom stereocenters. The number of fused-ring (bicyclic) bond motifs is 1. The van der Waals surface area contributed by atoms with E-state index in [0.29, 0.717) is 0 Å². The number of carboxylic acid groups (broad SMARTS) is 1. The van der Waals surface area contributed by atoms with E-state index in [-0.39, 0.29) is 17.1 Å². The van der Waals surface area contributed by atoms with E-state index in [2.05, 4.69) is 41.4 Å². The summed E-state index contributed by atoms with van der Waals surface area (Å²) in [6.07, 6.45) is 8.09. The van der Waals surface area contributed by atoms with E-state index in [1.54, 1.807) is 11.3 Å². The maximum atomic E-state index is 11.5. The Bertz CT molecular complexity index is 1530. The van der Waals surface area contributed by atoms with E-state index in [0.717, 1.165) is 69.2 Å². The van der Waals surface area contributed by atoms with Crippen molar-refractivity contribution in [3.05, 3.63) is 93.6 Å². The zero-order chi connectivity index (χ0) is 28.3. The van der Waals surface area contributed by atoms with Gasteiger partial charge in [0.05, 0.1) is 22.7 Å². The first kappa shape index (κ1) is 28.5. The first-order valence-electron chi connectivity index (χ1n) is 13.8. The molecule has 40 heavy (non-hydrogen) atoms. The standard InChI is InChI=1S/C33H36N2O3S2/c1-22-34-28-15-14-26(35-31(28)40-22)13-11-23-7-6-9-25(19-23)29(39-21-33(17-18-33)20-30(36)37)16-12-24-8-4-5-10-27(24)32(2,3)38/h4-11,13-15,19,29,38H,12,16-18,20-21H2,1-3H3,(H,36,37)/t29-/m1/s1. The molecule has 2 aromatic heterocycles. The van der Waals surface area contributed by atoms with Crippen LogP contribution in [0.3, 0.4) is 0 Å². The summed E-state index contributed by atoms with van der Waals surface area (Å²) in [4.78, 5) is 21.7. The zero-order valence-electron chi connectivity index (χ0n) is 23.3. The minimum Gasteiger partial charge on any atom is -0.481 e. The van der Waals surface area contributed by atoms with Gasteiger partial charge in [0.2, 0.25) is 0 Å². The van der Waals surface area contributed by atoms with E-state index >= 15 is 0 Å².